The number of phenols is 1. The molecule has 0 saturated heterocycles. The summed E-state index contributed by atoms with van der Waals surface area (Å²) >= 11 is 0. The van der Waals surface area contributed by atoms with Crippen LogP contribution >= 0.6 is 0 Å². The predicted octanol–water partition coefficient (Wildman–Crippen LogP) is 1.94. The van der Waals surface area contributed by atoms with Crippen LogP contribution in [0.2, 0.25) is 0 Å². The zero-order valence-electron chi connectivity index (χ0n) is 8.49. The van der Waals surface area contributed by atoms with Gasteiger partial charge < -0.3 is 9.84 Å². The van der Waals surface area contributed by atoms with Crippen molar-refractivity contribution in [2.75, 3.05) is 0 Å². The molecule has 3 nitrogen and oxygen atoms in total. The smallest absolute Gasteiger partial charge is 0.193 e. The van der Waals surface area contributed by atoms with Crippen molar-refractivity contribution in [1.29, 1.82) is 0 Å². The number of ketones is 1. The molecule has 3 heteroatoms. The fourth-order valence-corrected chi connectivity index (χ4v) is 1.64. The molecule has 0 amide bonds. The number of Topliss-reactive ketones (excluding diaryl/α,β-unsaturated/α-hetero) is 1. The van der Waals surface area contributed by atoms with Gasteiger partial charge in [-0.15, -0.1) is 0 Å². The number of allylic oxidation sites excluding steroid dienone is 2. The minimum Gasteiger partial charge on any atom is -0.508 e. The van der Waals surface area contributed by atoms with Gasteiger partial charge in [-0.2, -0.15) is 0 Å². The van der Waals surface area contributed by atoms with E-state index in [0.29, 0.717) is 12.2 Å². The molecule has 0 fully saturated rings. The highest BCUT2D eigenvalue weighted by atomic mass is 16.5. The number of carbonyl (C=O) groups excluding carboxylic acids is 1. The number of phenolic OH excluding ortho intramolecular Hbond substituents is 1. The average molecular weight is 204 g/mol. The Bertz CT molecular complexity index is 432. The highest BCUT2D eigenvalue weighted by Crippen LogP contribution is 2.26. The Labute approximate surface area is 88.0 Å². The van der Waals surface area contributed by atoms with Crippen LogP contribution in [0.5, 0.6) is 5.75 Å². The lowest BCUT2D eigenvalue weighted by molar-refractivity contribution is -0.117. The van der Waals surface area contributed by atoms with Crippen LogP contribution in [0, 0.1) is 0 Å². The highest BCUT2D eigenvalue weighted by molar-refractivity contribution is 5.91. The molecule has 78 valence electrons. The Balaban J connectivity index is 2.34. The van der Waals surface area contributed by atoms with Crippen molar-refractivity contribution in [3.05, 3.63) is 41.2 Å². The number of aromatic hydroxyl groups is 1. The van der Waals surface area contributed by atoms with Gasteiger partial charge in [-0.3, -0.25) is 4.79 Å². The lowest BCUT2D eigenvalue weighted by Crippen LogP contribution is -2.00. The van der Waals surface area contributed by atoms with Gasteiger partial charge in [0, 0.05) is 12.5 Å². The summed E-state index contributed by atoms with van der Waals surface area (Å²) in [5, 5.41) is 9.62. The largest absolute Gasteiger partial charge is 0.508 e. The third-order valence-corrected chi connectivity index (χ3v) is 2.47. The minimum absolute atomic E-state index is 0.0812. The van der Waals surface area contributed by atoms with Gasteiger partial charge >= 0.3 is 0 Å². The van der Waals surface area contributed by atoms with Gasteiger partial charge in [0.15, 0.2) is 11.5 Å². The van der Waals surface area contributed by atoms with Crippen molar-refractivity contribution in [2.45, 2.75) is 20.0 Å². The van der Waals surface area contributed by atoms with Gasteiger partial charge in [0.2, 0.25) is 0 Å². The van der Waals surface area contributed by atoms with E-state index in [2.05, 4.69) is 0 Å². The van der Waals surface area contributed by atoms with Gasteiger partial charge in [0.1, 0.15) is 12.4 Å². The van der Waals surface area contributed by atoms with Crippen LogP contribution in [0.15, 0.2) is 30.0 Å². The van der Waals surface area contributed by atoms with Crippen molar-refractivity contribution < 1.29 is 14.6 Å². The molecule has 1 aliphatic heterocycles. The predicted molar refractivity (Wildman–Crippen MR) is 55.4 cm³/mol. The molecule has 0 atom stereocenters. The van der Waals surface area contributed by atoms with Gasteiger partial charge in [0.25, 0.3) is 0 Å². The molecule has 0 unspecified atom stereocenters. The number of ether oxygens (including phenoxy) is 1. The standard InChI is InChI=1S/C12H12O3/c1-8(13)12-6-5-9-3-2-4-11(14)10(9)7-15-12/h2-4,6,14H,5,7H2,1H3. The van der Waals surface area contributed by atoms with Gasteiger partial charge in [-0.05, 0) is 24.1 Å². The summed E-state index contributed by atoms with van der Waals surface area (Å²) < 4.78 is 5.32. The molecule has 1 aliphatic rings. The molecule has 0 aromatic heterocycles. The van der Waals surface area contributed by atoms with E-state index < -0.39 is 0 Å². The second-order valence-electron chi connectivity index (χ2n) is 3.53. The second kappa shape index (κ2) is 3.77. The van der Waals surface area contributed by atoms with E-state index in [-0.39, 0.29) is 18.1 Å². The number of fused-ring (bicyclic) bond motifs is 1. The molecule has 0 radical (unpaired) electrons. The van der Waals surface area contributed by atoms with Crippen LogP contribution in [0.4, 0.5) is 0 Å². The Hall–Kier alpha value is -1.77. The quantitative estimate of drug-likeness (QED) is 0.760. The summed E-state index contributed by atoms with van der Waals surface area (Å²) in [4.78, 5) is 11.1. The fraction of sp³-hybridized carbons (Fsp3) is 0.250. The molecule has 2 rings (SSSR count). The topological polar surface area (TPSA) is 46.5 Å². The van der Waals surface area contributed by atoms with Crippen molar-refractivity contribution >= 4 is 5.78 Å². The van der Waals surface area contributed by atoms with Crippen molar-refractivity contribution in [3.8, 4) is 5.75 Å². The van der Waals surface area contributed by atoms with Crippen LogP contribution in [0.25, 0.3) is 0 Å². The Morgan fingerprint density at radius 3 is 3.00 bits per heavy atom. The molecule has 1 aromatic carbocycles. The first kappa shape index (κ1) is 9.77. The molecule has 0 bridgehead atoms. The van der Waals surface area contributed by atoms with E-state index in [1.54, 1.807) is 18.2 Å². The van der Waals surface area contributed by atoms with Crippen LogP contribution in [0.1, 0.15) is 18.1 Å². The van der Waals surface area contributed by atoms with Crippen molar-refractivity contribution in [3.63, 3.8) is 0 Å². The summed E-state index contributed by atoms with van der Waals surface area (Å²) in [6, 6.07) is 5.35. The molecule has 1 heterocycles. The van der Waals surface area contributed by atoms with Gasteiger partial charge in [-0.25, -0.2) is 0 Å². The molecule has 1 N–H and O–H groups in total. The summed E-state index contributed by atoms with van der Waals surface area (Å²) in [5.74, 6) is 0.526. The third kappa shape index (κ3) is 1.86. The first-order valence-corrected chi connectivity index (χ1v) is 4.82. The van der Waals surface area contributed by atoms with Crippen LogP contribution in [-0.4, -0.2) is 10.9 Å². The maximum Gasteiger partial charge on any atom is 0.193 e. The van der Waals surface area contributed by atoms with E-state index in [1.165, 1.54) is 6.92 Å². The van der Waals surface area contributed by atoms with Crippen molar-refractivity contribution in [1.82, 2.24) is 0 Å². The summed E-state index contributed by atoms with van der Waals surface area (Å²) in [6.07, 6.45) is 2.38. The number of rotatable bonds is 1. The zero-order chi connectivity index (χ0) is 10.8. The highest BCUT2D eigenvalue weighted by Gasteiger charge is 2.14. The Morgan fingerprint density at radius 1 is 1.47 bits per heavy atom. The summed E-state index contributed by atoms with van der Waals surface area (Å²) in [6.45, 7) is 1.73. The maximum absolute atomic E-state index is 11.1. The van der Waals surface area contributed by atoms with E-state index in [1.807, 2.05) is 6.07 Å². The van der Waals surface area contributed by atoms with E-state index in [0.717, 1.165) is 11.1 Å². The molecular weight excluding hydrogens is 192 g/mol. The molecular formula is C12H12O3. The lowest BCUT2D eigenvalue weighted by atomic mass is 10.0. The van der Waals surface area contributed by atoms with Gasteiger partial charge in [0.05, 0.1) is 0 Å². The van der Waals surface area contributed by atoms with E-state index in [9.17, 15) is 9.90 Å². The fourth-order valence-electron chi connectivity index (χ4n) is 1.64. The zero-order valence-corrected chi connectivity index (χ0v) is 8.49. The van der Waals surface area contributed by atoms with Crippen LogP contribution in [0.3, 0.4) is 0 Å². The SMILES string of the molecule is CC(=O)C1=CCc2cccc(O)c2CO1. The molecule has 0 saturated carbocycles. The normalized spacial score (nSPS) is 14.6. The Morgan fingerprint density at radius 2 is 2.27 bits per heavy atom. The molecule has 0 aliphatic carbocycles. The second-order valence-corrected chi connectivity index (χ2v) is 3.53. The number of hydrogen-bond donors (Lipinski definition) is 1. The van der Waals surface area contributed by atoms with Gasteiger partial charge in [-0.1, -0.05) is 12.1 Å². The van der Waals surface area contributed by atoms with Crippen molar-refractivity contribution in [2.24, 2.45) is 0 Å². The first-order valence-electron chi connectivity index (χ1n) is 4.82. The number of carbonyl (C=O) groups is 1. The lowest BCUT2D eigenvalue weighted by Gasteiger charge is -2.08. The summed E-state index contributed by atoms with van der Waals surface area (Å²) in [5.41, 5.74) is 1.77. The average Bonchev–Trinajstić information content (AvgIpc) is 2.41. The third-order valence-electron chi connectivity index (χ3n) is 2.47. The maximum atomic E-state index is 11.1. The van der Waals surface area contributed by atoms with E-state index >= 15 is 0 Å². The minimum atomic E-state index is -0.0812. The van der Waals surface area contributed by atoms with E-state index in [4.69, 9.17) is 4.74 Å². The summed E-state index contributed by atoms with van der Waals surface area (Å²) in [7, 11) is 0. The first-order chi connectivity index (χ1) is 7.18. The Kier molecular flexibility index (Phi) is 2.46. The number of benzene rings is 1. The molecule has 15 heavy (non-hydrogen) atoms. The van der Waals surface area contributed by atoms with Crippen LogP contribution < -0.4 is 0 Å². The molecule has 1 aromatic rings. The van der Waals surface area contributed by atoms with Crippen LogP contribution in [-0.2, 0) is 22.6 Å². The number of hydrogen-bond acceptors (Lipinski definition) is 3. The molecule has 0 spiro atoms. The monoisotopic (exact) mass is 204 g/mol.